The molecular weight excluding hydrogens is 336 g/mol. The number of unbranched alkanes of at least 4 members (excludes halogenated alkanes) is 4. The van der Waals surface area contributed by atoms with E-state index in [2.05, 4.69) is 29.2 Å². The van der Waals surface area contributed by atoms with Crippen LogP contribution in [0.4, 0.5) is 0 Å². The summed E-state index contributed by atoms with van der Waals surface area (Å²) in [5, 5.41) is 7.71. The first-order valence-corrected chi connectivity index (χ1v) is 10.0. The van der Waals surface area contributed by atoms with E-state index in [0.29, 0.717) is 10.7 Å². The summed E-state index contributed by atoms with van der Waals surface area (Å²) >= 11 is 6.21. The van der Waals surface area contributed by atoms with Crippen LogP contribution in [-0.4, -0.2) is 46.3 Å². The molecule has 5 nitrogen and oxygen atoms in total. The molecule has 0 aliphatic rings. The van der Waals surface area contributed by atoms with E-state index >= 15 is 0 Å². The van der Waals surface area contributed by atoms with Crippen LogP contribution >= 0.6 is 11.6 Å². The number of nitrogens with one attached hydrogen (secondary N) is 1. The van der Waals surface area contributed by atoms with Gasteiger partial charge in [-0.1, -0.05) is 51.1 Å². The topological polar surface area (TPSA) is 50.2 Å². The average molecular weight is 371 g/mol. The molecule has 1 heterocycles. The van der Waals surface area contributed by atoms with Crippen molar-refractivity contribution in [3.05, 3.63) is 16.4 Å². The standard InChI is InChI=1S/C19H35ClN4O/c1-6-8-10-12-24(13-11-9-7-2)14-15(3)21-19(25)18-17(20)16(4)23(5)22-18/h15H,6-14H2,1-5H3,(H,21,25). The summed E-state index contributed by atoms with van der Waals surface area (Å²) in [4.78, 5) is 14.9. The fourth-order valence-electron chi connectivity index (χ4n) is 2.92. The highest BCUT2D eigenvalue weighted by molar-refractivity contribution is 6.34. The number of rotatable bonds is 12. The molecule has 1 aromatic heterocycles. The summed E-state index contributed by atoms with van der Waals surface area (Å²) in [5.74, 6) is -0.191. The van der Waals surface area contributed by atoms with Gasteiger partial charge in [-0.15, -0.1) is 0 Å². The Bertz CT molecular complexity index is 520. The minimum atomic E-state index is -0.191. The maximum Gasteiger partial charge on any atom is 0.273 e. The van der Waals surface area contributed by atoms with Gasteiger partial charge in [0, 0.05) is 19.6 Å². The number of carbonyl (C=O) groups is 1. The molecule has 144 valence electrons. The molecule has 1 N–H and O–H groups in total. The highest BCUT2D eigenvalue weighted by Gasteiger charge is 2.20. The minimum absolute atomic E-state index is 0.0640. The van der Waals surface area contributed by atoms with Crippen LogP contribution in [0.2, 0.25) is 5.02 Å². The third-order valence-electron chi connectivity index (χ3n) is 4.54. The predicted molar refractivity (Wildman–Crippen MR) is 105 cm³/mol. The van der Waals surface area contributed by atoms with Gasteiger partial charge in [0.05, 0.1) is 10.7 Å². The van der Waals surface area contributed by atoms with Crippen LogP contribution in [0.15, 0.2) is 0 Å². The van der Waals surface area contributed by atoms with Gasteiger partial charge in [-0.25, -0.2) is 0 Å². The van der Waals surface area contributed by atoms with Gasteiger partial charge in [0.1, 0.15) is 0 Å². The van der Waals surface area contributed by atoms with Crippen molar-refractivity contribution >= 4 is 17.5 Å². The van der Waals surface area contributed by atoms with E-state index in [1.165, 1.54) is 38.5 Å². The normalized spacial score (nSPS) is 12.6. The molecule has 0 spiro atoms. The minimum Gasteiger partial charge on any atom is -0.347 e. The molecule has 0 fully saturated rings. The van der Waals surface area contributed by atoms with Crippen LogP contribution in [0.5, 0.6) is 0 Å². The van der Waals surface area contributed by atoms with E-state index in [0.717, 1.165) is 25.3 Å². The largest absolute Gasteiger partial charge is 0.347 e. The Balaban J connectivity index is 2.57. The van der Waals surface area contributed by atoms with Gasteiger partial charge < -0.3 is 10.2 Å². The molecular formula is C19H35ClN4O. The molecule has 0 radical (unpaired) electrons. The quantitative estimate of drug-likeness (QED) is 0.561. The Morgan fingerprint density at radius 2 is 1.76 bits per heavy atom. The van der Waals surface area contributed by atoms with Crippen molar-refractivity contribution in [3.63, 3.8) is 0 Å². The van der Waals surface area contributed by atoms with Gasteiger partial charge in [-0.05, 0) is 39.8 Å². The van der Waals surface area contributed by atoms with Crippen molar-refractivity contribution in [2.24, 2.45) is 7.05 Å². The fourth-order valence-corrected chi connectivity index (χ4v) is 3.16. The zero-order valence-corrected chi connectivity index (χ0v) is 17.3. The van der Waals surface area contributed by atoms with Gasteiger partial charge in [0.25, 0.3) is 5.91 Å². The summed E-state index contributed by atoms with van der Waals surface area (Å²) in [6.45, 7) is 11.4. The summed E-state index contributed by atoms with van der Waals surface area (Å²) < 4.78 is 1.64. The second-order valence-electron chi connectivity index (χ2n) is 6.96. The molecule has 1 rings (SSSR count). The second-order valence-corrected chi connectivity index (χ2v) is 7.34. The van der Waals surface area contributed by atoms with Crippen molar-refractivity contribution in [2.75, 3.05) is 19.6 Å². The fraction of sp³-hybridized carbons (Fsp3) is 0.789. The van der Waals surface area contributed by atoms with Gasteiger partial charge in [0.15, 0.2) is 5.69 Å². The van der Waals surface area contributed by atoms with Crippen molar-refractivity contribution in [2.45, 2.75) is 72.3 Å². The molecule has 0 aromatic carbocycles. The Kier molecular flexibility index (Phi) is 10.1. The predicted octanol–water partition coefficient (Wildman–Crippen LogP) is 4.18. The smallest absolute Gasteiger partial charge is 0.273 e. The van der Waals surface area contributed by atoms with Gasteiger partial charge in [0.2, 0.25) is 0 Å². The lowest BCUT2D eigenvalue weighted by atomic mass is 10.2. The zero-order valence-electron chi connectivity index (χ0n) is 16.6. The van der Waals surface area contributed by atoms with E-state index in [-0.39, 0.29) is 11.9 Å². The second kappa shape index (κ2) is 11.5. The maximum atomic E-state index is 12.5. The van der Waals surface area contributed by atoms with Gasteiger partial charge >= 0.3 is 0 Å². The van der Waals surface area contributed by atoms with E-state index in [9.17, 15) is 4.79 Å². The highest BCUT2D eigenvalue weighted by atomic mass is 35.5. The summed E-state index contributed by atoms with van der Waals surface area (Å²) in [6.07, 6.45) is 7.41. The summed E-state index contributed by atoms with van der Waals surface area (Å²) in [6, 6.07) is 0.0640. The molecule has 1 amide bonds. The number of hydrogen-bond donors (Lipinski definition) is 1. The van der Waals surface area contributed by atoms with Crippen molar-refractivity contribution in [1.29, 1.82) is 0 Å². The number of aromatic nitrogens is 2. The summed E-state index contributed by atoms with van der Waals surface area (Å²) in [5.41, 5.74) is 1.12. The first kappa shape index (κ1) is 22.0. The molecule has 0 saturated heterocycles. The van der Waals surface area contributed by atoms with Crippen LogP contribution in [0.1, 0.15) is 75.5 Å². The van der Waals surface area contributed by atoms with E-state index in [4.69, 9.17) is 11.6 Å². The molecule has 0 saturated carbocycles. The van der Waals surface area contributed by atoms with Crippen LogP contribution in [-0.2, 0) is 7.05 Å². The van der Waals surface area contributed by atoms with Gasteiger partial charge in [-0.3, -0.25) is 9.48 Å². The Labute approximate surface area is 158 Å². The van der Waals surface area contributed by atoms with Crippen LogP contribution < -0.4 is 5.32 Å². The molecule has 1 aromatic rings. The lowest BCUT2D eigenvalue weighted by Crippen LogP contribution is -2.43. The number of hydrogen-bond acceptors (Lipinski definition) is 3. The third kappa shape index (κ3) is 7.37. The molecule has 0 aliphatic carbocycles. The Hall–Kier alpha value is -1.07. The molecule has 1 unspecified atom stereocenters. The molecule has 6 heteroatoms. The van der Waals surface area contributed by atoms with E-state index in [1.807, 2.05) is 13.8 Å². The lowest BCUT2D eigenvalue weighted by Gasteiger charge is -2.26. The van der Waals surface area contributed by atoms with Crippen LogP contribution in [0.25, 0.3) is 0 Å². The van der Waals surface area contributed by atoms with E-state index < -0.39 is 0 Å². The van der Waals surface area contributed by atoms with Crippen LogP contribution in [0, 0.1) is 6.92 Å². The molecule has 0 bridgehead atoms. The highest BCUT2D eigenvalue weighted by Crippen LogP contribution is 2.19. The number of nitrogens with zero attached hydrogens (tertiary/aromatic N) is 3. The molecule has 25 heavy (non-hydrogen) atoms. The number of amides is 1. The molecule has 1 atom stereocenters. The lowest BCUT2D eigenvalue weighted by molar-refractivity contribution is 0.0922. The van der Waals surface area contributed by atoms with Crippen molar-refractivity contribution in [1.82, 2.24) is 20.0 Å². The maximum absolute atomic E-state index is 12.5. The van der Waals surface area contributed by atoms with E-state index in [1.54, 1.807) is 11.7 Å². The number of aryl methyl sites for hydroxylation is 1. The first-order chi connectivity index (χ1) is 11.9. The third-order valence-corrected chi connectivity index (χ3v) is 4.99. The van der Waals surface area contributed by atoms with Crippen molar-refractivity contribution < 1.29 is 4.79 Å². The van der Waals surface area contributed by atoms with Gasteiger partial charge in [-0.2, -0.15) is 5.10 Å². The molecule has 0 aliphatic heterocycles. The Morgan fingerprint density at radius 1 is 1.20 bits per heavy atom. The number of carbonyl (C=O) groups excluding carboxylic acids is 1. The van der Waals surface area contributed by atoms with Crippen LogP contribution in [0.3, 0.4) is 0 Å². The monoisotopic (exact) mass is 370 g/mol. The SMILES string of the molecule is CCCCCN(CCCCC)CC(C)NC(=O)c1nn(C)c(C)c1Cl. The average Bonchev–Trinajstić information content (AvgIpc) is 2.82. The zero-order chi connectivity index (χ0) is 18.8. The summed E-state index contributed by atoms with van der Waals surface area (Å²) in [7, 11) is 1.80. The Morgan fingerprint density at radius 3 is 2.20 bits per heavy atom. The number of halogens is 1. The first-order valence-electron chi connectivity index (χ1n) is 9.62. The van der Waals surface area contributed by atoms with Crippen molar-refractivity contribution in [3.8, 4) is 0 Å².